The van der Waals surface area contributed by atoms with Crippen molar-refractivity contribution in [2.24, 2.45) is 7.05 Å². The number of rotatable bonds is 2. The van der Waals surface area contributed by atoms with Crippen LogP contribution in [0, 0.1) is 0 Å². The van der Waals surface area contributed by atoms with E-state index in [1.54, 1.807) is 10.6 Å². The fourth-order valence-electron chi connectivity index (χ4n) is 2.80. The lowest BCUT2D eigenvalue weighted by molar-refractivity contribution is 0.414. The molecule has 0 radical (unpaired) electrons. The lowest BCUT2D eigenvalue weighted by atomic mass is 10.1. The lowest BCUT2D eigenvalue weighted by Gasteiger charge is -2.17. The Morgan fingerprint density at radius 3 is 2.79 bits per heavy atom. The van der Waals surface area contributed by atoms with Gasteiger partial charge in [0, 0.05) is 36.8 Å². The van der Waals surface area contributed by atoms with Crippen molar-refractivity contribution < 1.29 is 0 Å². The van der Waals surface area contributed by atoms with Crippen LogP contribution in [0.15, 0.2) is 35.1 Å². The monoisotopic (exact) mass is 257 g/mol. The number of fused-ring (bicyclic) bond motifs is 1. The largest absolute Gasteiger partial charge is 0.380 e. The summed E-state index contributed by atoms with van der Waals surface area (Å²) in [5.41, 5.74) is 1.97. The molecule has 4 heteroatoms. The molecule has 1 aliphatic rings. The molecular weight excluding hydrogens is 238 g/mol. The number of hydrogen-bond donors (Lipinski definition) is 1. The Labute approximate surface area is 112 Å². The average molecular weight is 257 g/mol. The average Bonchev–Trinajstić information content (AvgIpc) is 2.81. The molecule has 19 heavy (non-hydrogen) atoms. The highest BCUT2D eigenvalue weighted by Crippen LogP contribution is 2.23. The Bertz CT molecular complexity index is 662. The Balaban J connectivity index is 2.03. The van der Waals surface area contributed by atoms with Crippen LogP contribution in [-0.2, 0) is 7.05 Å². The van der Waals surface area contributed by atoms with E-state index in [1.807, 2.05) is 25.2 Å². The second-order valence-corrected chi connectivity index (χ2v) is 5.36. The van der Waals surface area contributed by atoms with Gasteiger partial charge in [-0.05, 0) is 26.1 Å². The lowest BCUT2D eigenvalue weighted by Crippen LogP contribution is -2.25. The molecule has 4 nitrogen and oxygen atoms in total. The van der Waals surface area contributed by atoms with Gasteiger partial charge in [0.2, 0.25) is 0 Å². The van der Waals surface area contributed by atoms with Crippen molar-refractivity contribution in [3.8, 4) is 0 Å². The van der Waals surface area contributed by atoms with Gasteiger partial charge in [-0.3, -0.25) is 4.79 Å². The van der Waals surface area contributed by atoms with Crippen molar-refractivity contribution in [1.82, 2.24) is 9.47 Å². The summed E-state index contributed by atoms with van der Waals surface area (Å²) in [6.45, 7) is 2.14. The predicted octanol–water partition coefficient (Wildman–Crippen LogP) is 1.65. The van der Waals surface area contributed by atoms with E-state index in [4.69, 9.17) is 0 Å². The summed E-state index contributed by atoms with van der Waals surface area (Å²) in [7, 11) is 3.95. The fraction of sp³-hybridized carbons (Fsp3) is 0.400. The zero-order valence-electron chi connectivity index (χ0n) is 11.4. The number of likely N-dealkylation sites (N-methyl/N-ethyl adjacent to an activating group) is 1. The molecule has 1 fully saturated rings. The van der Waals surface area contributed by atoms with Crippen LogP contribution < -0.4 is 10.9 Å². The molecule has 100 valence electrons. The minimum absolute atomic E-state index is 0.0348. The number of likely N-dealkylation sites (tertiary alicyclic amines) is 1. The maximum atomic E-state index is 12.0. The van der Waals surface area contributed by atoms with E-state index in [1.165, 1.54) is 0 Å². The van der Waals surface area contributed by atoms with E-state index in [9.17, 15) is 4.79 Å². The van der Waals surface area contributed by atoms with Crippen LogP contribution in [-0.4, -0.2) is 35.6 Å². The molecule has 1 aliphatic heterocycles. The highest BCUT2D eigenvalue weighted by atomic mass is 16.1. The van der Waals surface area contributed by atoms with Crippen LogP contribution in [0.25, 0.3) is 10.9 Å². The van der Waals surface area contributed by atoms with Crippen LogP contribution >= 0.6 is 0 Å². The molecule has 3 rings (SSSR count). The Kier molecular flexibility index (Phi) is 3.03. The molecular formula is C15H19N3O. The van der Waals surface area contributed by atoms with Crippen LogP contribution in [0.1, 0.15) is 6.42 Å². The van der Waals surface area contributed by atoms with Gasteiger partial charge < -0.3 is 14.8 Å². The third-order valence-corrected chi connectivity index (χ3v) is 3.90. The maximum absolute atomic E-state index is 12.0. The highest BCUT2D eigenvalue weighted by molar-refractivity contribution is 5.91. The van der Waals surface area contributed by atoms with Crippen molar-refractivity contribution in [2.75, 3.05) is 25.5 Å². The summed E-state index contributed by atoms with van der Waals surface area (Å²) in [6.07, 6.45) is 1.13. The number of pyridine rings is 1. The summed E-state index contributed by atoms with van der Waals surface area (Å²) in [5, 5.41) is 4.64. The van der Waals surface area contributed by atoms with Gasteiger partial charge in [0.1, 0.15) is 0 Å². The first-order valence-electron chi connectivity index (χ1n) is 6.69. The third kappa shape index (κ3) is 2.24. The van der Waals surface area contributed by atoms with E-state index in [0.717, 1.165) is 36.1 Å². The SMILES string of the molecule is CN1CCC(Nc2cc(=O)n(C)c3ccccc23)C1. The Morgan fingerprint density at radius 2 is 2.05 bits per heavy atom. The van der Waals surface area contributed by atoms with E-state index < -0.39 is 0 Å². The van der Waals surface area contributed by atoms with Crippen LogP contribution in [0.5, 0.6) is 0 Å². The van der Waals surface area contributed by atoms with Gasteiger partial charge in [-0.1, -0.05) is 18.2 Å². The van der Waals surface area contributed by atoms with Crippen molar-refractivity contribution >= 4 is 16.6 Å². The third-order valence-electron chi connectivity index (χ3n) is 3.90. The molecule has 0 bridgehead atoms. The molecule has 2 aromatic rings. The van der Waals surface area contributed by atoms with Gasteiger partial charge in [0.05, 0.1) is 5.52 Å². The summed E-state index contributed by atoms with van der Waals surface area (Å²) < 4.78 is 1.70. The van der Waals surface area contributed by atoms with Crippen LogP contribution in [0.4, 0.5) is 5.69 Å². The minimum Gasteiger partial charge on any atom is -0.380 e. The van der Waals surface area contributed by atoms with Gasteiger partial charge in [-0.15, -0.1) is 0 Å². The smallest absolute Gasteiger partial charge is 0.252 e. The number of nitrogens with one attached hydrogen (secondary N) is 1. The first kappa shape index (κ1) is 12.2. The number of anilines is 1. The fourth-order valence-corrected chi connectivity index (χ4v) is 2.80. The number of nitrogens with zero attached hydrogens (tertiary/aromatic N) is 2. The van der Waals surface area contributed by atoms with E-state index in [0.29, 0.717) is 6.04 Å². The Morgan fingerprint density at radius 1 is 1.26 bits per heavy atom. The maximum Gasteiger partial charge on any atom is 0.252 e. The minimum atomic E-state index is 0.0348. The van der Waals surface area contributed by atoms with E-state index in [-0.39, 0.29) is 5.56 Å². The quantitative estimate of drug-likeness (QED) is 0.889. The molecule has 0 amide bonds. The number of hydrogen-bond acceptors (Lipinski definition) is 3. The molecule has 1 unspecified atom stereocenters. The van der Waals surface area contributed by atoms with Gasteiger partial charge in [-0.25, -0.2) is 0 Å². The molecule has 1 saturated heterocycles. The highest BCUT2D eigenvalue weighted by Gasteiger charge is 2.20. The van der Waals surface area contributed by atoms with E-state index >= 15 is 0 Å². The van der Waals surface area contributed by atoms with Crippen molar-refractivity contribution in [1.29, 1.82) is 0 Å². The number of benzene rings is 1. The van der Waals surface area contributed by atoms with Gasteiger partial charge in [0.15, 0.2) is 0 Å². The van der Waals surface area contributed by atoms with Gasteiger partial charge in [-0.2, -0.15) is 0 Å². The van der Waals surface area contributed by atoms with Crippen LogP contribution in [0.3, 0.4) is 0 Å². The van der Waals surface area contributed by atoms with Crippen molar-refractivity contribution in [3.05, 3.63) is 40.7 Å². The molecule has 0 spiro atoms. The van der Waals surface area contributed by atoms with Crippen molar-refractivity contribution in [2.45, 2.75) is 12.5 Å². The van der Waals surface area contributed by atoms with Gasteiger partial charge >= 0.3 is 0 Å². The molecule has 0 saturated carbocycles. The standard InChI is InChI=1S/C15H19N3O/c1-17-8-7-11(10-17)16-13-9-15(19)18(2)14-6-4-3-5-12(13)14/h3-6,9,11,16H,7-8,10H2,1-2H3. The van der Waals surface area contributed by atoms with E-state index in [2.05, 4.69) is 23.3 Å². The summed E-state index contributed by atoms with van der Waals surface area (Å²) in [6, 6.07) is 10.2. The second-order valence-electron chi connectivity index (χ2n) is 5.36. The molecule has 1 aromatic carbocycles. The first-order chi connectivity index (χ1) is 9.15. The number of aromatic nitrogens is 1. The summed E-state index contributed by atoms with van der Waals surface area (Å²) in [4.78, 5) is 14.3. The summed E-state index contributed by atoms with van der Waals surface area (Å²) >= 11 is 0. The molecule has 2 heterocycles. The summed E-state index contributed by atoms with van der Waals surface area (Å²) in [5.74, 6) is 0. The zero-order chi connectivity index (χ0) is 13.4. The topological polar surface area (TPSA) is 37.3 Å². The zero-order valence-corrected chi connectivity index (χ0v) is 11.4. The number of aryl methyl sites for hydroxylation is 1. The number of para-hydroxylation sites is 1. The van der Waals surface area contributed by atoms with Crippen LogP contribution in [0.2, 0.25) is 0 Å². The molecule has 1 aromatic heterocycles. The predicted molar refractivity (Wildman–Crippen MR) is 78.7 cm³/mol. The first-order valence-corrected chi connectivity index (χ1v) is 6.69. The van der Waals surface area contributed by atoms with Gasteiger partial charge in [0.25, 0.3) is 5.56 Å². The normalized spacial score (nSPS) is 20.0. The molecule has 0 aliphatic carbocycles. The Hall–Kier alpha value is -1.81. The second kappa shape index (κ2) is 4.70. The molecule has 1 atom stereocenters. The van der Waals surface area contributed by atoms with Crippen molar-refractivity contribution in [3.63, 3.8) is 0 Å². The molecule has 1 N–H and O–H groups in total.